The zero-order valence-corrected chi connectivity index (χ0v) is 11.4. The number of aromatic amines is 1. The van der Waals surface area contributed by atoms with Crippen molar-refractivity contribution in [3.8, 4) is 12.3 Å². The van der Waals surface area contributed by atoms with Gasteiger partial charge in [-0.3, -0.25) is 4.79 Å². The second-order valence-electron chi connectivity index (χ2n) is 4.76. The van der Waals surface area contributed by atoms with Crippen molar-refractivity contribution in [2.45, 2.75) is 0 Å². The topological polar surface area (TPSA) is 79.2 Å². The number of rotatable bonds is 2. The minimum absolute atomic E-state index is 0.187. The number of aromatic nitrogens is 5. The normalized spacial score (nSPS) is 11.0. The molecule has 0 saturated heterocycles. The van der Waals surface area contributed by atoms with E-state index in [1.54, 1.807) is 23.1 Å². The van der Waals surface area contributed by atoms with Gasteiger partial charge in [-0.15, -0.1) is 15.9 Å². The van der Waals surface area contributed by atoms with Crippen LogP contribution in [0.15, 0.2) is 36.8 Å². The first-order valence-electron chi connectivity index (χ1n) is 6.66. The van der Waals surface area contributed by atoms with E-state index in [0.717, 1.165) is 10.9 Å². The Kier molecular flexibility index (Phi) is 2.56. The highest BCUT2D eigenvalue weighted by atomic mass is 16.1. The molecule has 1 aromatic carbocycles. The molecule has 0 atom stereocenters. The zero-order chi connectivity index (χ0) is 15.1. The Labute approximate surface area is 124 Å². The third kappa shape index (κ3) is 1.64. The first-order valence-corrected chi connectivity index (χ1v) is 6.66. The molecule has 1 amide bonds. The molecule has 0 aliphatic heterocycles. The molecular formula is C15H11N6O+. The van der Waals surface area contributed by atoms with Gasteiger partial charge in [-0.2, -0.15) is 5.10 Å². The molecule has 0 radical (unpaired) electrons. The van der Waals surface area contributed by atoms with Crippen LogP contribution in [0.4, 0.5) is 0 Å². The van der Waals surface area contributed by atoms with Gasteiger partial charge in [0.1, 0.15) is 17.9 Å². The van der Waals surface area contributed by atoms with Crippen LogP contribution in [-0.4, -0.2) is 32.1 Å². The van der Waals surface area contributed by atoms with Gasteiger partial charge in [0.2, 0.25) is 0 Å². The summed E-state index contributed by atoms with van der Waals surface area (Å²) in [6, 6.07) is 5.53. The minimum Gasteiger partial charge on any atom is -0.341 e. The molecule has 7 heteroatoms. The van der Waals surface area contributed by atoms with Crippen molar-refractivity contribution in [3.05, 3.63) is 42.4 Å². The highest BCUT2D eigenvalue weighted by molar-refractivity contribution is 6.05. The van der Waals surface area contributed by atoms with E-state index in [9.17, 15) is 4.79 Å². The van der Waals surface area contributed by atoms with Crippen molar-refractivity contribution in [3.63, 3.8) is 0 Å². The summed E-state index contributed by atoms with van der Waals surface area (Å²) in [6.07, 6.45) is 10.3. The van der Waals surface area contributed by atoms with E-state index in [2.05, 4.69) is 26.3 Å². The van der Waals surface area contributed by atoms with Crippen molar-refractivity contribution >= 4 is 28.1 Å². The Hall–Kier alpha value is -3.40. The van der Waals surface area contributed by atoms with E-state index < -0.39 is 0 Å². The van der Waals surface area contributed by atoms with E-state index in [1.165, 1.54) is 0 Å². The van der Waals surface area contributed by atoms with Crippen molar-refractivity contribution < 1.29 is 9.31 Å². The summed E-state index contributed by atoms with van der Waals surface area (Å²) < 4.78 is 3.58. The van der Waals surface area contributed by atoms with Crippen molar-refractivity contribution in [2.24, 2.45) is 0 Å². The van der Waals surface area contributed by atoms with Gasteiger partial charge in [-0.25, -0.2) is 4.98 Å². The molecule has 2 N–H and O–H groups in total. The molecule has 0 aliphatic rings. The fourth-order valence-corrected chi connectivity index (χ4v) is 2.55. The SMILES string of the molecule is C#CCNC(=O)c1cccc2c[n+]3c4nccnc4[nH]n3c12. The van der Waals surface area contributed by atoms with Crippen LogP contribution in [0.25, 0.3) is 22.2 Å². The molecule has 22 heavy (non-hydrogen) atoms. The third-order valence-electron chi connectivity index (χ3n) is 3.46. The number of nitrogens with zero attached hydrogens (tertiary/aromatic N) is 4. The molecule has 0 aliphatic carbocycles. The maximum Gasteiger partial charge on any atom is 0.346 e. The summed E-state index contributed by atoms with van der Waals surface area (Å²) in [6.45, 7) is 0.187. The van der Waals surface area contributed by atoms with E-state index in [0.29, 0.717) is 16.9 Å². The molecule has 7 nitrogen and oxygen atoms in total. The Bertz CT molecular complexity index is 1070. The Morgan fingerprint density at radius 2 is 2.27 bits per heavy atom. The Balaban J connectivity index is 2.04. The van der Waals surface area contributed by atoms with Crippen LogP contribution in [0.1, 0.15) is 10.4 Å². The van der Waals surface area contributed by atoms with Gasteiger partial charge >= 0.3 is 5.65 Å². The lowest BCUT2D eigenvalue weighted by Gasteiger charge is -2.02. The molecule has 3 aromatic heterocycles. The molecule has 0 fully saturated rings. The minimum atomic E-state index is -0.219. The summed E-state index contributed by atoms with van der Waals surface area (Å²) >= 11 is 0. The maximum atomic E-state index is 12.3. The number of carbonyl (C=O) groups excluding carboxylic acids is 1. The molecule has 3 heterocycles. The molecule has 4 aromatic rings. The molecule has 0 saturated carbocycles. The lowest BCUT2D eigenvalue weighted by Crippen LogP contribution is -2.27. The standard InChI is InChI=1S/C15H10N6O/c1-2-6-18-15(22)11-5-3-4-10-9-20-14-13(16-7-8-17-14)19-21(20)12(10)11/h1,3-5,7-9H,6H2,(H-,16,18,19,22)/p+1. The first-order chi connectivity index (χ1) is 10.8. The fraction of sp³-hybridized carbons (Fsp3) is 0.0667. The fourth-order valence-electron chi connectivity index (χ4n) is 2.55. The number of hydrogen-bond donors (Lipinski definition) is 2. The summed E-state index contributed by atoms with van der Waals surface area (Å²) in [7, 11) is 0. The Morgan fingerprint density at radius 1 is 1.41 bits per heavy atom. The van der Waals surface area contributed by atoms with Crippen LogP contribution in [0.5, 0.6) is 0 Å². The van der Waals surface area contributed by atoms with Crippen LogP contribution in [0.2, 0.25) is 0 Å². The van der Waals surface area contributed by atoms with Crippen LogP contribution < -0.4 is 9.83 Å². The number of benzene rings is 1. The number of nitrogens with one attached hydrogen (secondary N) is 2. The van der Waals surface area contributed by atoms with Crippen molar-refractivity contribution in [2.75, 3.05) is 6.54 Å². The number of para-hydroxylation sites is 1. The van der Waals surface area contributed by atoms with Gasteiger partial charge in [0.15, 0.2) is 0 Å². The van der Waals surface area contributed by atoms with Gasteiger partial charge in [0, 0.05) is 5.39 Å². The van der Waals surface area contributed by atoms with Crippen molar-refractivity contribution in [1.29, 1.82) is 0 Å². The van der Waals surface area contributed by atoms with E-state index in [4.69, 9.17) is 6.42 Å². The molecule has 4 rings (SSSR count). The number of amides is 1. The Morgan fingerprint density at radius 3 is 3.14 bits per heavy atom. The lowest BCUT2D eigenvalue weighted by molar-refractivity contribution is -0.591. The number of carbonyl (C=O) groups is 1. The molecule has 0 spiro atoms. The predicted octanol–water partition coefficient (Wildman–Crippen LogP) is 0.312. The number of fused-ring (bicyclic) bond motifs is 5. The van der Waals surface area contributed by atoms with Gasteiger partial charge in [-0.1, -0.05) is 16.6 Å². The number of terminal acetylenes is 1. The second-order valence-corrected chi connectivity index (χ2v) is 4.76. The van der Waals surface area contributed by atoms with Gasteiger partial charge in [-0.05, 0) is 12.1 Å². The summed E-state index contributed by atoms with van der Waals surface area (Å²) in [5.41, 5.74) is 2.61. The first kappa shape index (κ1) is 12.3. The van der Waals surface area contributed by atoms with Gasteiger partial charge in [0.05, 0.1) is 18.3 Å². The molecular weight excluding hydrogens is 280 g/mol. The van der Waals surface area contributed by atoms with Crippen LogP contribution in [0, 0.1) is 12.3 Å². The highest BCUT2D eigenvalue weighted by Gasteiger charge is 2.20. The van der Waals surface area contributed by atoms with E-state index in [1.807, 2.05) is 22.8 Å². The smallest absolute Gasteiger partial charge is 0.341 e. The van der Waals surface area contributed by atoms with Crippen LogP contribution in [-0.2, 0) is 0 Å². The average molecular weight is 291 g/mol. The summed E-state index contributed by atoms with van der Waals surface area (Å²) in [4.78, 5) is 20.8. The average Bonchev–Trinajstić information content (AvgIpc) is 3.08. The molecule has 0 bridgehead atoms. The van der Waals surface area contributed by atoms with E-state index in [-0.39, 0.29) is 12.5 Å². The lowest BCUT2D eigenvalue weighted by atomic mass is 10.1. The number of H-pyrrole nitrogens is 1. The van der Waals surface area contributed by atoms with E-state index >= 15 is 0 Å². The molecule has 106 valence electrons. The summed E-state index contributed by atoms with van der Waals surface area (Å²) in [5.74, 6) is 2.18. The number of hydrogen-bond acceptors (Lipinski definition) is 3. The third-order valence-corrected chi connectivity index (χ3v) is 3.46. The molecule has 0 unspecified atom stereocenters. The van der Waals surface area contributed by atoms with Crippen LogP contribution in [0.3, 0.4) is 0 Å². The second kappa shape index (κ2) is 4.56. The van der Waals surface area contributed by atoms with Crippen LogP contribution >= 0.6 is 0 Å². The quantitative estimate of drug-likeness (QED) is 0.412. The largest absolute Gasteiger partial charge is 0.346 e. The van der Waals surface area contributed by atoms with Gasteiger partial charge in [0.25, 0.3) is 11.6 Å². The monoisotopic (exact) mass is 291 g/mol. The maximum absolute atomic E-state index is 12.3. The summed E-state index contributed by atoms with van der Waals surface area (Å²) in [5, 5.41) is 6.74. The zero-order valence-electron chi connectivity index (χ0n) is 11.4. The van der Waals surface area contributed by atoms with Gasteiger partial charge < -0.3 is 5.32 Å². The predicted molar refractivity (Wildman–Crippen MR) is 79.2 cm³/mol. The van der Waals surface area contributed by atoms with Crippen molar-refractivity contribution in [1.82, 2.24) is 25.0 Å². The highest BCUT2D eigenvalue weighted by Crippen LogP contribution is 2.18.